The van der Waals surface area contributed by atoms with Crippen LogP contribution in [0.25, 0.3) is 10.9 Å². The van der Waals surface area contributed by atoms with Crippen LogP contribution in [0.15, 0.2) is 53.8 Å². The molecule has 3 rings (SSSR count). The van der Waals surface area contributed by atoms with Crippen molar-refractivity contribution in [3.8, 4) is 0 Å². The number of nitrogens with two attached hydrogens (primary N) is 1. The molecule has 0 spiro atoms. The van der Waals surface area contributed by atoms with Gasteiger partial charge in [0.05, 0.1) is 0 Å². The molecule has 5 heteroatoms. The number of aryl methyl sites for hydroxylation is 1. The van der Waals surface area contributed by atoms with Gasteiger partial charge in [0, 0.05) is 48.5 Å². The zero-order valence-corrected chi connectivity index (χ0v) is 13.9. The number of nitrogens with zero attached hydrogens (tertiary/aromatic N) is 2. The summed E-state index contributed by atoms with van der Waals surface area (Å²) < 4.78 is 0. The van der Waals surface area contributed by atoms with Crippen LogP contribution < -0.4 is 11.1 Å². The summed E-state index contributed by atoms with van der Waals surface area (Å²) in [5.41, 5.74) is 10.7. The lowest BCUT2D eigenvalue weighted by Crippen LogP contribution is -2.33. The minimum Gasteiger partial charge on any atom is -0.370 e. The Bertz CT molecular complexity index is 820. The van der Waals surface area contributed by atoms with Crippen molar-refractivity contribution in [3.05, 3.63) is 65.6 Å². The van der Waals surface area contributed by atoms with Crippen LogP contribution in [0.4, 0.5) is 0 Å². The zero-order valence-electron chi connectivity index (χ0n) is 13.9. The summed E-state index contributed by atoms with van der Waals surface area (Å²) in [6.07, 6.45) is 5.56. The number of nitrogens with one attached hydrogen (secondary N) is 2. The number of aliphatic imine (C=N–C) groups is 1. The molecule has 2 aromatic heterocycles. The molecule has 0 radical (unpaired) electrons. The molecule has 0 bridgehead atoms. The second-order valence-corrected chi connectivity index (χ2v) is 5.88. The highest BCUT2D eigenvalue weighted by molar-refractivity contribution is 5.84. The average molecular weight is 321 g/mol. The topological polar surface area (TPSA) is 79.1 Å². The fourth-order valence-corrected chi connectivity index (χ4v) is 2.73. The van der Waals surface area contributed by atoms with Crippen LogP contribution in [-0.4, -0.2) is 29.0 Å². The predicted octanol–water partition coefficient (Wildman–Crippen LogP) is 2.56. The van der Waals surface area contributed by atoms with Crippen molar-refractivity contribution in [3.63, 3.8) is 0 Å². The Balaban J connectivity index is 1.47. The molecule has 0 fully saturated rings. The number of aromatic amines is 1. The number of guanidine groups is 1. The predicted molar refractivity (Wildman–Crippen MR) is 99.2 cm³/mol. The number of H-pyrrole nitrogens is 1. The Morgan fingerprint density at radius 1 is 1.25 bits per heavy atom. The quantitative estimate of drug-likeness (QED) is 0.482. The highest BCUT2D eigenvalue weighted by atomic mass is 15.1. The average Bonchev–Trinajstić information content (AvgIpc) is 2.98. The maximum absolute atomic E-state index is 5.92. The van der Waals surface area contributed by atoms with Gasteiger partial charge in [0.25, 0.3) is 0 Å². The number of rotatable bonds is 6. The standard InChI is InChI=1S/C19H23N5/c1-14-5-6-17-15(13-24-18(17)12-14)7-10-22-19(20)23-11-8-16-4-2-3-9-21-16/h2-6,9,12-13,24H,7-8,10-11H2,1H3,(H3,20,22,23). The van der Waals surface area contributed by atoms with Crippen LogP contribution in [0.1, 0.15) is 16.8 Å². The molecule has 3 aromatic rings. The van der Waals surface area contributed by atoms with E-state index in [0.29, 0.717) is 12.5 Å². The van der Waals surface area contributed by atoms with Crippen LogP contribution in [0, 0.1) is 6.92 Å². The molecule has 0 saturated heterocycles. The summed E-state index contributed by atoms with van der Waals surface area (Å²) in [6.45, 7) is 3.51. The van der Waals surface area contributed by atoms with Gasteiger partial charge in [0.2, 0.25) is 0 Å². The highest BCUT2D eigenvalue weighted by Gasteiger charge is 2.03. The van der Waals surface area contributed by atoms with E-state index in [2.05, 4.69) is 51.6 Å². The Labute approximate surface area is 142 Å². The fourth-order valence-electron chi connectivity index (χ4n) is 2.73. The molecule has 2 heterocycles. The van der Waals surface area contributed by atoms with Crippen LogP contribution in [0.5, 0.6) is 0 Å². The van der Waals surface area contributed by atoms with Gasteiger partial charge in [-0.1, -0.05) is 18.2 Å². The van der Waals surface area contributed by atoms with E-state index in [1.54, 1.807) is 6.20 Å². The number of aromatic nitrogens is 2. The molecule has 0 amide bonds. The first-order valence-electron chi connectivity index (χ1n) is 8.23. The van der Waals surface area contributed by atoms with Crippen LogP contribution in [-0.2, 0) is 12.8 Å². The van der Waals surface area contributed by atoms with E-state index in [4.69, 9.17) is 5.73 Å². The summed E-state index contributed by atoms with van der Waals surface area (Å²) in [5.74, 6) is 0.488. The number of pyridine rings is 1. The fraction of sp³-hybridized carbons (Fsp3) is 0.263. The Morgan fingerprint density at radius 2 is 2.17 bits per heavy atom. The maximum atomic E-state index is 5.92. The molecule has 0 aliphatic rings. The van der Waals surface area contributed by atoms with Gasteiger partial charge < -0.3 is 16.0 Å². The van der Waals surface area contributed by atoms with E-state index in [1.165, 1.54) is 22.0 Å². The minimum absolute atomic E-state index is 0.488. The van der Waals surface area contributed by atoms with Crippen molar-refractivity contribution < 1.29 is 0 Å². The van der Waals surface area contributed by atoms with Crippen LogP contribution in [0.2, 0.25) is 0 Å². The SMILES string of the molecule is Cc1ccc2c(CCNC(N)=NCCc3ccccn3)c[nH]c2c1. The number of benzene rings is 1. The summed E-state index contributed by atoms with van der Waals surface area (Å²) in [4.78, 5) is 11.9. The van der Waals surface area contributed by atoms with Gasteiger partial charge >= 0.3 is 0 Å². The first-order chi connectivity index (χ1) is 11.7. The van der Waals surface area contributed by atoms with Crippen LogP contribution in [0.3, 0.4) is 0 Å². The van der Waals surface area contributed by atoms with E-state index in [-0.39, 0.29) is 0 Å². The van der Waals surface area contributed by atoms with E-state index in [0.717, 1.165) is 25.1 Å². The van der Waals surface area contributed by atoms with Gasteiger partial charge in [-0.15, -0.1) is 0 Å². The lowest BCUT2D eigenvalue weighted by atomic mass is 10.1. The van der Waals surface area contributed by atoms with Crippen molar-refractivity contribution >= 4 is 16.9 Å². The first-order valence-corrected chi connectivity index (χ1v) is 8.23. The summed E-state index contributed by atoms with van der Waals surface area (Å²) >= 11 is 0. The van der Waals surface area contributed by atoms with E-state index < -0.39 is 0 Å². The van der Waals surface area contributed by atoms with E-state index in [1.807, 2.05) is 18.2 Å². The Kier molecular flexibility index (Phi) is 5.11. The van der Waals surface area contributed by atoms with Gasteiger partial charge in [0.15, 0.2) is 5.96 Å². The summed E-state index contributed by atoms with van der Waals surface area (Å²) in [5, 5.41) is 4.45. The van der Waals surface area contributed by atoms with Gasteiger partial charge in [-0.25, -0.2) is 0 Å². The van der Waals surface area contributed by atoms with Crippen molar-refractivity contribution in [2.24, 2.45) is 10.7 Å². The molecule has 0 unspecified atom stereocenters. The first kappa shape index (κ1) is 16.1. The normalized spacial score (nSPS) is 11.8. The number of hydrogen-bond donors (Lipinski definition) is 3. The third-order valence-corrected chi connectivity index (χ3v) is 4.00. The highest BCUT2D eigenvalue weighted by Crippen LogP contribution is 2.19. The Hall–Kier alpha value is -2.82. The van der Waals surface area contributed by atoms with Crippen LogP contribution >= 0.6 is 0 Å². The summed E-state index contributed by atoms with van der Waals surface area (Å²) in [6, 6.07) is 12.4. The second kappa shape index (κ2) is 7.64. The van der Waals surface area contributed by atoms with Gasteiger partial charge in [-0.3, -0.25) is 9.98 Å². The van der Waals surface area contributed by atoms with Crippen molar-refractivity contribution in [2.45, 2.75) is 19.8 Å². The van der Waals surface area contributed by atoms with Crippen molar-refractivity contribution in [1.29, 1.82) is 0 Å². The second-order valence-electron chi connectivity index (χ2n) is 5.88. The molecular weight excluding hydrogens is 298 g/mol. The molecular formula is C19H23N5. The molecule has 1 aromatic carbocycles. The van der Waals surface area contributed by atoms with Gasteiger partial charge in [-0.05, 0) is 42.7 Å². The zero-order chi connectivity index (χ0) is 16.8. The maximum Gasteiger partial charge on any atom is 0.188 e. The van der Waals surface area contributed by atoms with E-state index >= 15 is 0 Å². The monoisotopic (exact) mass is 321 g/mol. The molecule has 0 saturated carbocycles. The number of fused-ring (bicyclic) bond motifs is 1. The smallest absolute Gasteiger partial charge is 0.188 e. The Morgan fingerprint density at radius 3 is 3.00 bits per heavy atom. The molecule has 24 heavy (non-hydrogen) atoms. The lowest BCUT2D eigenvalue weighted by molar-refractivity contribution is 0.842. The molecule has 0 atom stereocenters. The van der Waals surface area contributed by atoms with Crippen molar-refractivity contribution in [2.75, 3.05) is 13.1 Å². The van der Waals surface area contributed by atoms with Crippen molar-refractivity contribution in [1.82, 2.24) is 15.3 Å². The molecule has 0 aliphatic carbocycles. The third kappa shape index (κ3) is 4.13. The molecule has 0 aliphatic heterocycles. The summed E-state index contributed by atoms with van der Waals surface area (Å²) in [7, 11) is 0. The van der Waals surface area contributed by atoms with Gasteiger partial charge in [0.1, 0.15) is 0 Å². The minimum atomic E-state index is 0.488. The van der Waals surface area contributed by atoms with E-state index in [9.17, 15) is 0 Å². The van der Waals surface area contributed by atoms with Gasteiger partial charge in [-0.2, -0.15) is 0 Å². The third-order valence-electron chi connectivity index (χ3n) is 4.00. The largest absolute Gasteiger partial charge is 0.370 e. The molecule has 4 N–H and O–H groups in total. The lowest BCUT2D eigenvalue weighted by Gasteiger charge is -2.05. The number of hydrogen-bond acceptors (Lipinski definition) is 2. The molecule has 5 nitrogen and oxygen atoms in total. The molecule has 124 valence electrons.